The Kier molecular flexibility index (Phi) is 7.49. The molecule has 0 fully saturated rings. The second-order valence-corrected chi connectivity index (χ2v) is 6.80. The number of hydrogen-bond donors (Lipinski definition) is 1. The van der Waals surface area contributed by atoms with Crippen LogP contribution in [0.2, 0.25) is 10.0 Å². The van der Waals surface area contributed by atoms with Crippen LogP contribution in [0.15, 0.2) is 48.5 Å². The van der Waals surface area contributed by atoms with E-state index in [1.54, 1.807) is 30.1 Å². The van der Waals surface area contributed by atoms with Gasteiger partial charge in [0.15, 0.2) is 0 Å². The molecule has 1 N–H and O–H groups in total. The third kappa shape index (κ3) is 5.23. The van der Waals surface area contributed by atoms with Crippen molar-refractivity contribution in [2.24, 2.45) is 0 Å². The molecule has 6 heteroatoms. The number of rotatable bonds is 7. The Bertz CT molecular complexity index is 766. The summed E-state index contributed by atoms with van der Waals surface area (Å²) in [5.41, 5.74) is 1.65. The number of carbonyl (C=O) groups excluding carboxylic acids is 2. The lowest BCUT2D eigenvalue weighted by molar-refractivity contribution is -0.140. The van der Waals surface area contributed by atoms with Gasteiger partial charge in [-0.05, 0) is 29.7 Å². The number of carbonyl (C=O) groups is 2. The molecule has 2 aromatic carbocycles. The van der Waals surface area contributed by atoms with E-state index in [1.165, 1.54) is 0 Å². The van der Waals surface area contributed by atoms with Crippen LogP contribution in [-0.2, 0) is 22.6 Å². The highest BCUT2D eigenvalue weighted by molar-refractivity contribution is 6.35. The van der Waals surface area contributed by atoms with Crippen LogP contribution in [0, 0.1) is 0 Å². The topological polar surface area (TPSA) is 49.4 Å². The number of hydrogen-bond acceptors (Lipinski definition) is 2. The van der Waals surface area contributed by atoms with Crippen LogP contribution >= 0.6 is 23.2 Å². The van der Waals surface area contributed by atoms with Crippen LogP contribution in [0.4, 0.5) is 0 Å². The van der Waals surface area contributed by atoms with E-state index in [-0.39, 0.29) is 24.8 Å². The lowest BCUT2D eigenvalue weighted by Gasteiger charge is -2.30. The zero-order valence-corrected chi connectivity index (χ0v) is 16.3. The fourth-order valence-corrected chi connectivity index (χ4v) is 3.26. The van der Waals surface area contributed by atoms with E-state index >= 15 is 0 Å². The average molecular weight is 393 g/mol. The van der Waals surface area contributed by atoms with Crippen LogP contribution in [-0.4, -0.2) is 29.8 Å². The van der Waals surface area contributed by atoms with E-state index in [2.05, 4.69) is 5.32 Å². The maximum absolute atomic E-state index is 13.0. The monoisotopic (exact) mass is 392 g/mol. The normalized spacial score (nSPS) is 11.7. The fraction of sp³-hybridized carbons (Fsp3) is 0.300. The van der Waals surface area contributed by atoms with Gasteiger partial charge < -0.3 is 10.2 Å². The van der Waals surface area contributed by atoms with Gasteiger partial charge in [0.1, 0.15) is 6.04 Å². The first-order valence-corrected chi connectivity index (χ1v) is 9.20. The summed E-state index contributed by atoms with van der Waals surface area (Å²) < 4.78 is 0. The third-order valence-electron chi connectivity index (χ3n) is 4.19. The molecule has 1 atom stereocenters. The molecule has 0 saturated carbocycles. The molecule has 26 heavy (non-hydrogen) atoms. The predicted octanol–water partition coefficient (Wildman–Crippen LogP) is 4.09. The zero-order valence-electron chi connectivity index (χ0n) is 14.8. The van der Waals surface area contributed by atoms with E-state index in [0.29, 0.717) is 16.5 Å². The molecule has 2 amide bonds. The highest BCUT2D eigenvalue weighted by atomic mass is 35.5. The largest absolute Gasteiger partial charge is 0.357 e. The van der Waals surface area contributed by atoms with Gasteiger partial charge in [-0.25, -0.2) is 0 Å². The summed E-state index contributed by atoms with van der Waals surface area (Å²) in [6.45, 7) is 2.12. The Morgan fingerprint density at radius 3 is 2.38 bits per heavy atom. The molecular weight excluding hydrogens is 371 g/mol. The molecule has 2 rings (SSSR count). The van der Waals surface area contributed by atoms with Gasteiger partial charge in [-0.3, -0.25) is 9.59 Å². The van der Waals surface area contributed by atoms with Crippen LogP contribution in [0.1, 0.15) is 24.5 Å². The van der Waals surface area contributed by atoms with Crippen LogP contribution < -0.4 is 5.32 Å². The molecular formula is C20H22Cl2N2O2. The Morgan fingerprint density at radius 1 is 1.12 bits per heavy atom. The maximum atomic E-state index is 13.0. The van der Waals surface area contributed by atoms with Gasteiger partial charge in [-0.1, -0.05) is 66.5 Å². The summed E-state index contributed by atoms with van der Waals surface area (Å²) in [4.78, 5) is 26.9. The van der Waals surface area contributed by atoms with Crippen molar-refractivity contribution in [2.45, 2.75) is 32.4 Å². The Balaban J connectivity index is 2.31. The van der Waals surface area contributed by atoms with Crippen molar-refractivity contribution in [3.63, 3.8) is 0 Å². The van der Waals surface area contributed by atoms with E-state index in [4.69, 9.17) is 23.2 Å². The summed E-state index contributed by atoms with van der Waals surface area (Å²) in [6, 6.07) is 14.0. The number of halogens is 2. The van der Waals surface area contributed by atoms with Crippen LogP contribution in [0.3, 0.4) is 0 Å². The van der Waals surface area contributed by atoms with E-state index in [0.717, 1.165) is 11.1 Å². The van der Waals surface area contributed by atoms with Gasteiger partial charge in [0.2, 0.25) is 11.8 Å². The average Bonchev–Trinajstić information content (AvgIpc) is 2.63. The summed E-state index contributed by atoms with van der Waals surface area (Å²) >= 11 is 12.2. The molecule has 0 aliphatic heterocycles. The van der Waals surface area contributed by atoms with Crippen molar-refractivity contribution < 1.29 is 9.59 Å². The Morgan fingerprint density at radius 2 is 1.81 bits per heavy atom. The highest BCUT2D eigenvalue weighted by Crippen LogP contribution is 2.24. The van der Waals surface area contributed by atoms with Crippen molar-refractivity contribution in [3.8, 4) is 0 Å². The lowest BCUT2D eigenvalue weighted by Crippen LogP contribution is -2.48. The van der Waals surface area contributed by atoms with Gasteiger partial charge in [0.25, 0.3) is 0 Å². The quantitative estimate of drug-likeness (QED) is 0.771. The number of nitrogens with one attached hydrogen (secondary N) is 1. The smallest absolute Gasteiger partial charge is 0.242 e. The fourth-order valence-electron chi connectivity index (χ4n) is 2.79. The molecule has 0 aromatic heterocycles. The predicted molar refractivity (Wildman–Crippen MR) is 105 cm³/mol. The minimum absolute atomic E-state index is 0.127. The molecule has 4 nitrogen and oxygen atoms in total. The SMILES string of the molecule is CCC(C(=O)NC)N(Cc1ccc(Cl)cc1Cl)C(=O)Cc1ccccc1. The lowest BCUT2D eigenvalue weighted by atomic mass is 10.1. The highest BCUT2D eigenvalue weighted by Gasteiger charge is 2.28. The molecule has 0 aliphatic rings. The molecule has 0 bridgehead atoms. The Hall–Kier alpha value is -2.04. The van der Waals surface area contributed by atoms with Gasteiger partial charge in [-0.15, -0.1) is 0 Å². The number of nitrogens with zero attached hydrogens (tertiary/aromatic N) is 1. The minimum Gasteiger partial charge on any atom is -0.357 e. The standard InChI is InChI=1S/C20H22Cl2N2O2/c1-3-18(20(26)23-2)24(13-15-9-10-16(21)12-17(15)22)19(25)11-14-7-5-4-6-8-14/h4-10,12,18H,3,11,13H2,1-2H3,(H,23,26). The van der Waals surface area contributed by atoms with E-state index in [1.807, 2.05) is 37.3 Å². The second kappa shape index (κ2) is 9.60. The first-order valence-electron chi connectivity index (χ1n) is 8.45. The summed E-state index contributed by atoms with van der Waals surface area (Å²) in [7, 11) is 1.57. The van der Waals surface area contributed by atoms with Crippen molar-refractivity contribution in [1.82, 2.24) is 10.2 Å². The molecule has 0 radical (unpaired) electrons. The molecule has 0 heterocycles. The van der Waals surface area contributed by atoms with Gasteiger partial charge in [0, 0.05) is 23.6 Å². The molecule has 1 unspecified atom stereocenters. The number of benzene rings is 2. The van der Waals surface area contributed by atoms with Crippen molar-refractivity contribution in [3.05, 3.63) is 69.7 Å². The first-order chi connectivity index (χ1) is 12.5. The first kappa shape index (κ1) is 20.3. The molecule has 0 spiro atoms. The van der Waals surface area contributed by atoms with E-state index < -0.39 is 6.04 Å². The van der Waals surface area contributed by atoms with Crippen molar-refractivity contribution >= 4 is 35.0 Å². The molecule has 2 aromatic rings. The third-order valence-corrected chi connectivity index (χ3v) is 4.77. The summed E-state index contributed by atoms with van der Waals surface area (Å²) in [5, 5.41) is 3.64. The summed E-state index contributed by atoms with van der Waals surface area (Å²) in [6.07, 6.45) is 0.727. The number of likely N-dealkylation sites (N-methyl/N-ethyl adjacent to an activating group) is 1. The van der Waals surface area contributed by atoms with Gasteiger partial charge >= 0.3 is 0 Å². The second-order valence-electron chi connectivity index (χ2n) is 5.96. The summed E-state index contributed by atoms with van der Waals surface area (Å²) in [5.74, 6) is -0.323. The minimum atomic E-state index is -0.567. The molecule has 138 valence electrons. The van der Waals surface area contributed by atoms with Crippen LogP contribution in [0.25, 0.3) is 0 Å². The molecule has 0 aliphatic carbocycles. The zero-order chi connectivity index (χ0) is 19.1. The van der Waals surface area contributed by atoms with Crippen molar-refractivity contribution in [2.75, 3.05) is 7.05 Å². The van der Waals surface area contributed by atoms with E-state index in [9.17, 15) is 9.59 Å². The van der Waals surface area contributed by atoms with Crippen LogP contribution in [0.5, 0.6) is 0 Å². The molecule has 0 saturated heterocycles. The maximum Gasteiger partial charge on any atom is 0.242 e. The van der Waals surface area contributed by atoms with Gasteiger partial charge in [0.05, 0.1) is 6.42 Å². The van der Waals surface area contributed by atoms with Gasteiger partial charge in [-0.2, -0.15) is 0 Å². The Labute approximate surface area is 164 Å². The van der Waals surface area contributed by atoms with Crippen molar-refractivity contribution in [1.29, 1.82) is 0 Å². The number of amides is 2.